The number of benzene rings is 1. The maximum atomic E-state index is 6.13. The molecule has 1 aromatic carbocycles. The van der Waals surface area contributed by atoms with Gasteiger partial charge in [0.25, 0.3) is 0 Å². The van der Waals surface area contributed by atoms with Crippen LogP contribution >= 0.6 is 23.2 Å². The van der Waals surface area contributed by atoms with Gasteiger partial charge in [-0.25, -0.2) is 4.98 Å². The molecule has 2 rings (SSSR count). The fourth-order valence-corrected chi connectivity index (χ4v) is 2.02. The van der Waals surface area contributed by atoms with Gasteiger partial charge >= 0.3 is 0 Å². The Balaban J connectivity index is 2.04. The summed E-state index contributed by atoms with van der Waals surface area (Å²) in [7, 11) is 3.92. The van der Waals surface area contributed by atoms with Crippen LogP contribution in [0.1, 0.15) is 5.56 Å². The molecule has 0 fully saturated rings. The van der Waals surface area contributed by atoms with Crippen LogP contribution in [0.2, 0.25) is 10.0 Å². The van der Waals surface area contributed by atoms with Gasteiger partial charge in [0.15, 0.2) is 0 Å². The summed E-state index contributed by atoms with van der Waals surface area (Å²) in [4.78, 5) is 6.29. The van der Waals surface area contributed by atoms with Gasteiger partial charge in [0, 0.05) is 20.6 Å². The normalized spacial score (nSPS) is 10.3. The zero-order valence-electron chi connectivity index (χ0n) is 10.8. The first-order chi connectivity index (χ1) is 9.08. The summed E-state index contributed by atoms with van der Waals surface area (Å²) >= 11 is 12.1. The van der Waals surface area contributed by atoms with Gasteiger partial charge < -0.3 is 10.2 Å². The monoisotopic (exact) mass is 295 g/mol. The summed E-state index contributed by atoms with van der Waals surface area (Å²) in [6, 6.07) is 9.56. The lowest BCUT2D eigenvalue weighted by Crippen LogP contribution is -2.10. The number of hydrogen-bond acceptors (Lipinski definition) is 3. The van der Waals surface area contributed by atoms with Crippen molar-refractivity contribution in [2.45, 2.75) is 6.54 Å². The Morgan fingerprint density at radius 3 is 2.58 bits per heavy atom. The number of rotatable bonds is 4. The number of nitrogens with zero attached hydrogens (tertiary/aromatic N) is 2. The Kier molecular flexibility index (Phi) is 4.51. The van der Waals surface area contributed by atoms with Crippen molar-refractivity contribution in [3.63, 3.8) is 0 Å². The zero-order chi connectivity index (χ0) is 13.8. The molecule has 0 unspecified atom stereocenters. The third kappa shape index (κ3) is 3.52. The summed E-state index contributed by atoms with van der Waals surface area (Å²) in [6.07, 6.45) is 1.80. The first-order valence-electron chi connectivity index (χ1n) is 5.88. The van der Waals surface area contributed by atoms with E-state index in [1.54, 1.807) is 12.3 Å². The lowest BCUT2D eigenvalue weighted by molar-refractivity contribution is 1.06. The molecule has 0 aliphatic rings. The maximum absolute atomic E-state index is 6.13. The molecule has 0 aliphatic carbocycles. The van der Waals surface area contributed by atoms with Gasteiger partial charge in [0.05, 0.1) is 21.9 Å². The smallest absolute Gasteiger partial charge is 0.128 e. The lowest BCUT2D eigenvalue weighted by Gasteiger charge is -2.12. The molecule has 1 heterocycles. The number of hydrogen-bond donors (Lipinski definition) is 1. The van der Waals surface area contributed by atoms with E-state index in [2.05, 4.69) is 10.3 Å². The molecule has 3 nitrogen and oxygen atoms in total. The third-order valence-electron chi connectivity index (χ3n) is 2.72. The van der Waals surface area contributed by atoms with E-state index in [0.717, 1.165) is 17.1 Å². The van der Waals surface area contributed by atoms with Crippen LogP contribution in [0.4, 0.5) is 11.5 Å². The Bertz CT molecular complexity index is 553. The van der Waals surface area contributed by atoms with Gasteiger partial charge in [0.1, 0.15) is 5.82 Å². The first-order valence-corrected chi connectivity index (χ1v) is 6.63. The van der Waals surface area contributed by atoms with E-state index in [1.165, 1.54) is 0 Å². The van der Waals surface area contributed by atoms with Crippen LogP contribution in [-0.4, -0.2) is 19.1 Å². The highest BCUT2D eigenvalue weighted by molar-refractivity contribution is 6.42. The van der Waals surface area contributed by atoms with Crippen molar-refractivity contribution >= 4 is 34.7 Å². The van der Waals surface area contributed by atoms with Crippen LogP contribution in [0.15, 0.2) is 36.5 Å². The Hall–Kier alpha value is -1.45. The average molecular weight is 296 g/mol. The molecule has 0 atom stereocenters. The van der Waals surface area contributed by atoms with Crippen molar-refractivity contribution < 1.29 is 0 Å². The summed E-state index contributed by atoms with van der Waals surface area (Å²) in [6.45, 7) is 0.613. The van der Waals surface area contributed by atoms with Crippen LogP contribution in [0, 0.1) is 0 Å². The largest absolute Gasteiger partial charge is 0.380 e. The van der Waals surface area contributed by atoms with E-state index in [1.807, 2.05) is 43.3 Å². The molecular formula is C14H15Cl2N3. The minimum Gasteiger partial charge on any atom is -0.380 e. The van der Waals surface area contributed by atoms with Crippen molar-refractivity contribution in [2.75, 3.05) is 24.3 Å². The SMILES string of the molecule is CN(C)c1ccc(NCc2cccc(Cl)c2Cl)cn1. The van der Waals surface area contributed by atoms with Gasteiger partial charge in [-0.3, -0.25) is 0 Å². The summed E-state index contributed by atoms with van der Waals surface area (Å²) in [5, 5.41) is 4.43. The van der Waals surface area contributed by atoms with Gasteiger partial charge in [0.2, 0.25) is 0 Å². The molecule has 0 saturated heterocycles. The van der Waals surface area contributed by atoms with E-state index in [-0.39, 0.29) is 0 Å². The molecule has 0 radical (unpaired) electrons. The molecule has 0 saturated carbocycles. The lowest BCUT2D eigenvalue weighted by atomic mass is 10.2. The molecule has 1 aromatic heterocycles. The minimum absolute atomic E-state index is 0.571. The van der Waals surface area contributed by atoms with Gasteiger partial charge in [-0.15, -0.1) is 0 Å². The van der Waals surface area contributed by atoms with Crippen molar-refractivity contribution in [2.24, 2.45) is 0 Å². The Labute approximate surface area is 123 Å². The molecule has 0 amide bonds. The molecule has 2 aromatic rings. The predicted octanol–water partition coefficient (Wildman–Crippen LogP) is 4.07. The van der Waals surface area contributed by atoms with Crippen molar-refractivity contribution in [3.05, 3.63) is 52.1 Å². The van der Waals surface area contributed by atoms with E-state index >= 15 is 0 Å². The quantitative estimate of drug-likeness (QED) is 0.922. The molecule has 0 spiro atoms. The van der Waals surface area contributed by atoms with E-state index in [4.69, 9.17) is 23.2 Å². The summed E-state index contributed by atoms with van der Waals surface area (Å²) in [5.41, 5.74) is 1.91. The van der Waals surface area contributed by atoms with Crippen LogP contribution < -0.4 is 10.2 Å². The number of pyridine rings is 1. The van der Waals surface area contributed by atoms with E-state index in [0.29, 0.717) is 16.6 Å². The van der Waals surface area contributed by atoms with E-state index < -0.39 is 0 Å². The fourth-order valence-electron chi connectivity index (χ4n) is 1.64. The van der Waals surface area contributed by atoms with Crippen LogP contribution in [0.25, 0.3) is 0 Å². The van der Waals surface area contributed by atoms with Crippen LogP contribution in [0.3, 0.4) is 0 Å². The highest BCUT2D eigenvalue weighted by Gasteiger charge is 2.04. The Morgan fingerprint density at radius 1 is 1.16 bits per heavy atom. The number of nitrogens with one attached hydrogen (secondary N) is 1. The van der Waals surface area contributed by atoms with E-state index in [9.17, 15) is 0 Å². The summed E-state index contributed by atoms with van der Waals surface area (Å²) < 4.78 is 0. The molecule has 1 N–H and O–H groups in total. The van der Waals surface area contributed by atoms with Crippen molar-refractivity contribution in [1.82, 2.24) is 4.98 Å². The van der Waals surface area contributed by atoms with Crippen LogP contribution in [-0.2, 0) is 6.54 Å². The second-order valence-electron chi connectivity index (χ2n) is 4.37. The topological polar surface area (TPSA) is 28.2 Å². The average Bonchev–Trinajstić information content (AvgIpc) is 2.41. The highest BCUT2D eigenvalue weighted by atomic mass is 35.5. The zero-order valence-corrected chi connectivity index (χ0v) is 12.3. The van der Waals surface area contributed by atoms with Crippen LogP contribution in [0.5, 0.6) is 0 Å². The van der Waals surface area contributed by atoms with Gasteiger partial charge in [-0.1, -0.05) is 35.3 Å². The number of anilines is 2. The molecule has 19 heavy (non-hydrogen) atoms. The predicted molar refractivity (Wildman–Crippen MR) is 82.4 cm³/mol. The minimum atomic E-state index is 0.571. The first kappa shape index (κ1) is 14.0. The Morgan fingerprint density at radius 2 is 1.95 bits per heavy atom. The molecule has 5 heteroatoms. The molecular weight excluding hydrogens is 281 g/mol. The van der Waals surface area contributed by atoms with Crippen molar-refractivity contribution in [3.8, 4) is 0 Å². The second-order valence-corrected chi connectivity index (χ2v) is 5.15. The second kappa shape index (κ2) is 6.13. The summed E-state index contributed by atoms with van der Waals surface area (Å²) in [5.74, 6) is 0.923. The molecule has 0 aliphatic heterocycles. The van der Waals surface area contributed by atoms with Gasteiger partial charge in [-0.2, -0.15) is 0 Å². The highest BCUT2D eigenvalue weighted by Crippen LogP contribution is 2.26. The standard InChI is InChI=1S/C14H15Cl2N3/c1-19(2)13-7-6-11(9-18-13)17-8-10-4-3-5-12(15)14(10)16/h3-7,9,17H,8H2,1-2H3. The maximum Gasteiger partial charge on any atom is 0.128 e. The van der Waals surface area contributed by atoms with Crippen molar-refractivity contribution in [1.29, 1.82) is 0 Å². The third-order valence-corrected chi connectivity index (χ3v) is 3.58. The molecule has 0 bridgehead atoms. The fraction of sp³-hybridized carbons (Fsp3) is 0.214. The number of halogens is 2. The van der Waals surface area contributed by atoms with Gasteiger partial charge in [-0.05, 0) is 23.8 Å². The number of aromatic nitrogens is 1. The molecule has 100 valence electrons.